The topological polar surface area (TPSA) is 77.8 Å². The number of fused-ring (bicyclic) bond motifs is 1. The Morgan fingerprint density at radius 2 is 1.59 bits per heavy atom. The predicted molar refractivity (Wildman–Crippen MR) is 123 cm³/mol. The molecule has 0 spiro atoms. The van der Waals surface area contributed by atoms with E-state index in [1.165, 1.54) is 18.2 Å². The monoisotopic (exact) mass is 457 g/mol. The first-order valence-electron chi connectivity index (χ1n) is 10.4. The number of aliphatic hydroxyl groups is 1. The molecular weight excluding hydrogens is 440 g/mol. The number of halogens is 2. The van der Waals surface area contributed by atoms with Gasteiger partial charge in [0.25, 0.3) is 11.7 Å². The Bertz CT molecular complexity index is 1510. The maximum absolute atomic E-state index is 14.7. The molecule has 1 heterocycles. The van der Waals surface area contributed by atoms with Crippen molar-refractivity contribution in [3.05, 3.63) is 113 Å². The summed E-state index contributed by atoms with van der Waals surface area (Å²) in [6.45, 7) is 0. The zero-order valence-electron chi connectivity index (χ0n) is 17.6. The molecule has 168 valence electrons. The third-order valence-electron chi connectivity index (χ3n) is 5.82. The number of carbonyl (C=O) groups is 2. The highest BCUT2D eigenvalue weighted by Crippen LogP contribution is 2.43. The summed E-state index contributed by atoms with van der Waals surface area (Å²) < 4.78 is 28.3. The third-order valence-corrected chi connectivity index (χ3v) is 5.82. The molecule has 0 aliphatic carbocycles. The lowest BCUT2D eigenvalue weighted by atomic mass is 9.94. The summed E-state index contributed by atoms with van der Waals surface area (Å²) in [4.78, 5) is 27.1. The smallest absolute Gasteiger partial charge is 0.300 e. The Kier molecular flexibility index (Phi) is 5.09. The van der Waals surface area contributed by atoms with E-state index in [1.807, 2.05) is 24.3 Å². The second-order valence-electron chi connectivity index (χ2n) is 7.92. The quantitative estimate of drug-likeness (QED) is 0.244. The summed E-state index contributed by atoms with van der Waals surface area (Å²) in [6, 6.07) is 19.6. The Labute approximate surface area is 192 Å². The molecule has 0 aromatic heterocycles. The molecule has 0 radical (unpaired) electrons. The number of aliphatic hydroxyl groups excluding tert-OH is 1. The first-order valence-corrected chi connectivity index (χ1v) is 10.4. The van der Waals surface area contributed by atoms with E-state index in [0.29, 0.717) is 11.6 Å². The molecule has 4 aromatic rings. The third kappa shape index (κ3) is 3.47. The van der Waals surface area contributed by atoms with E-state index in [2.05, 4.69) is 0 Å². The molecule has 5 rings (SSSR count). The van der Waals surface area contributed by atoms with E-state index in [1.54, 1.807) is 24.3 Å². The summed E-state index contributed by atoms with van der Waals surface area (Å²) in [7, 11) is 0. The minimum Gasteiger partial charge on any atom is -0.508 e. The number of nitrogens with zero attached hydrogens (tertiary/aromatic N) is 1. The van der Waals surface area contributed by atoms with E-state index >= 15 is 0 Å². The summed E-state index contributed by atoms with van der Waals surface area (Å²) in [5, 5.41) is 23.0. The van der Waals surface area contributed by atoms with Crippen LogP contribution in [0.3, 0.4) is 0 Å². The van der Waals surface area contributed by atoms with Crippen molar-refractivity contribution in [2.75, 3.05) is 4.90 Å². The summed E-state index contributed by atoms with van der Waals surface area (Å²) >= 11 is 0. The number of aromatic hydroxyl groups is 1. The number of phenols is 1. The molecule has 5 nitrogen and oxygen atoms in total. The lowest BCUT2D eigenvalue weighted by Crippen LogP contribution is -2.30. The standard InChI is InChI=1S/C27H17F2NO4/c28-19-10-11-22(21(29)14-19)30-24(17-6-3-7-20(31)13-17)23(26(33)27(30)34)25(32)18-9-8-15-4-1-2-5-16(15)12-18/h1-14,24,31-32H/b25-23-. The van der Waals surface area contributed by atoms with Crippen LogP contribution >= 0.6 is 0 Å². The van der Waals surface area contributed by atoms with Gasteiger partial charge in [-0.1, -0.05) is 48.5 Å². The van der Waals surface area contributed by atoms with Crippen LogP contribution in [0.15, 0.2) is 90.5 Å². The molecule has 1 atom stereocenters. The van der Waals surface area contributed by atoms with Gasteiger partial charge < -0.3 is 10.2 Å². The molecule has 1 amide bonds. The number of carbonyl (C=O) groups excluding carboxylic acids is 2. The van der Waals surface area contributed by atoms with Crippen LogP contribution in [-0.2, 0) is 9.59 Å². The highest BCUT2D eigenvalue weighted by molar-refractivity contribution is 6.51. The maximum atomic E-state index is 14.7. The first-order chi connectivity index (χ1) is 16.3. The Morgan fingerprint density at radius 3 is 2.32 bits per heavy atom. The van der Waals surface area contributed by atoms with Crippen LogP contribution in [0.25, 0.3) is 16.5 Å². The van der Waals surface area contributed by atoms with Crippen molar-refractivity contribution in [2.24, 2.45) is 0 Å². The van der Waals surface area contributed by atoms with Gasteiger partial charge in [0, 0.05) is 11.6 Å². The van der Waals surface area contributed by atoms with Crippen molar-refractivity contribution in [3.8, 4) is 5.75 Å². The number of amides is 1. The molecule has 1 aliphatic rings. The van der Waals surface area contributed by atoms with Crippen LogP contribution in [-0.4, -0.2) is 21.9 Å². The Hall–Kier alpha value is -4.52. The molecule has 1 unspecified atom stereocenters. The minimum atomic E-state index is -1.25. The van der Waals surface area contributed by atoms with Crippen LogP contribution in [0.5, 0.6) is 5.75 Å². The van der Waals surface area contributed by atoms with Gasteiger partial charge in [0.05, 0.1) is 17.3 Å². The number of phenolic OH excluding ortho intramolecular Hbond substituents is 1. The number of anilines is 1. The fourth-order valence-electron chi connectivity index (χ4n) is 4.26. The molecular formula is C27H17F2NO4. The lowest BCUT2D eigenvalue weighted by molar-refractivity contribution is -0.132. The molecule has 1 fully saturated rings. The van der Waals surface area contributed by atoms with Crippen LogP contribution in [0.2, 0.25) is 0 Å². The zero-order valence-corrected chi connectivity index (χ0v) is 17.6. The number of ketones is 1. The summed E-state index contributed by atoms with van der Waals surface area (Å²) in [5.74, 6) is -4.58. The average molecular weight is 457 g/mol. The first kappa shape index (κ1) is 21.3. The number of benzene rings is 4. The number of hydrogen-bond acceptors (Lipinski definition) is 4. The van der Waals surface area contributed by atoms with E-state index < -0.39 is 35.1 Å². The summed E-state index contributed by atoms with van der Waals surface area (Å²) in [5.41, 5.74) is -0.0318. The van der Waals surface area contributed by atoms with Gasteiger partial charge in [0.2, 0.25) is 0 Å². The molecule has 1 aliphatic heterocycles. The SMILES string of the molecule is O=C1C(=O)N(c2ccc(F)cc2F)C(c2cccc(O)c2)/C1=C(/O)c1ccc2ccccc2c1. The lowest BCUT2D eigenvalue weighted by Gasteiger charge is -2.26. The molecule has 2 N–H and O–H groups in total. The fraction of sp³-hybridized carbons (Fsp3) is 0.0370. The predicted octanol–water partition coefficient (Wildman–Crippen LogP) is 5.45. The van der Waals surface area contributed by atoms with Crippen molar-refractivity contribution in [2.45, 2.75) is 6.04 Å². The van der Waals surface area contributed by atoms with E-state index in [0.717, 1.165) is 27.8 Å². The highest BCUT2D eigenvalue weighted by atomic mass is 19.1. The van der Waals surface area contributed by atoms with Gasteiger partial charge in [0.15, 0.2) is 0 Å². The molecule has 1 saturated heterocycles. The largest absolute Gasteiger partial charge is 0.508 e. The number of hydrogen-bond donors (Lipinski definition) is 2. The van der Waals surface area contributed by atoms with Gasteiger partial charge in [-0.25, -0.2) is 8.78 Å². The van der Waals surface area contributed by atoms with Crippen molar-refractivity contribution >= 4 is 33.9 Å². The molecule has 0 saturated carbocycles. The second-order valence-corrected chi connectivity index (χ2v) is 7.92. The van der Waals surface area contributed by atoms with E-state index in [-0.39, 0.29) is 22.6 Å². The maximum Gasteiger partial charge on any atom is 0.300 e. The van der Waals surface area contributed by atoms with Gasteiger partial charge in [-0.15, -0.1) is 0 Å². The Balaban J connectivity index is 1.75. The highest BCUT2D eigenvalue weighted by Gasteiger charge is 2.47. The van der Waals surface area contributed by atoms with Crippen LogP contribution in [0.4, 0.5) is 14.5 Å². The summed E-state index contributed by atoms with van der Waals surface area (Å²) in [6.07, 6.45) is 0. The van der Waals surface area contributed by atoms with Crippen molar-refractivity contribution in [3.63, 3.8) is 0 Å². The van der Waals surface area contributed by atoms with Crippen molar-refractivity contribution in [1.29, 1.82) is 0 Å². The second kappa shape index (κ2) is 8.12. The number of Topliss-reactive ketones (excluding diaryl/α,β-unsaturated/α-hetero) is 1. The Morgan fingerprint density at radius 1 is 0.824 bits per heavy atom. The zero-order chi connectivity index (χ0) is 24.0. The van der Waals surface area contributed by atoms with Crippen LogP contribution in [0, 0.1) is 11.6 Å². The van der Waals surface area contributed by atoms with Crippen molar-refractivity contribution < 1.29 is 28.6 Å². The van der Waals surface area contributed by atoms with Gasteiger partial charge in [0.1, 0.15) is 23.1 Å². The van der Waals surface area contributed by atoms with Gasteiger partial charge in [-0.05, 0) is 46.7 Å². The van der Waals surface area contributed by atoms with Gasteiger partial charge in [-0.2, -0.15) is 0 Å². The fourth-order valence-corrected chi connectivity index (χ4v) is 4.26. The van der Waals surface area contributed by atoms with Crippen LogP contribution in [0.1, 0.15) is 17.2 Å². The normalized spacial score (nSPS) is 17.5. The van der Waals surface area contributed by atoms with E-state index in [4.69, 9.17) is 0 Å². The number of rotatable bonds is 3. The molecule has 0 bridgehead atoms. The van der Waals surface area contributed by atoms with Crippen LogP contribution < -0.4 is 4.90 Å². The molecule has 34 heavy (non-hydrogen) atoms. The minimum absolute atomic E-state index is 0.145. The average Bonchev–Trinajstić information content (AvgIpc) is 3.09. The molecule has 7 heteroatoms. The van der Waals surface area contributed by atoms with Gasteiger partial charge >= 0.3 is 0 Å². The van der Waals surface area contributed by atoms with E-state index in [9.17, 15) is 28.6 Å². The van der Waals surface area contributed by atoms with Gasteiger partial charge in [-0.3, -0.25) is 14.5 Å². The molecule has 4 aromatic carbocycles. The van der Waals surface area contributed by atoms with Crippen molar-refractivity contribution in [1.82, 2.24) is 0 Å².